The Balaban J connectivity index is 2.66. The minimum absolute atomic E-state index is 0.169. The molecule has 0 saturated heterocycles. The van der Waals surface area contributed by atoms with E-state index < -0.39 is 11.6 Å². The van der Waals surface area contributed by atoms with Gasteiger partial charge < -0.3 is 5.73 Å². The van der Waals surface area contributed by atoms with Crippen LogP contribution in [0.2, 0.25) is 0 Å². The van der Waals surface area contributed by atoms with Gasteiger partial charge in [0.05, 0.1) is 17.1 Å². The Bertz CT molecular complexity index is 603. The van der Waals surface area contributed by atoms with Crippen molar-refractivity contribution in [2.24, 2.45) is 0 Å². The lowest BCUT2D eigenvalue weighted by Crippen LogP contribution is -2.05. The van der Waals surface area contributed by atoms with Gasteiger partial charge in [0.1, 0.15) is 0 Å². The molecule has 2 rings (SSSR count). The van der Waals surface area contributed by atoms with E-state index in [2.05, 4.69) is 5.10 Å². The third-order valence-corrected chi connectivity index (χ3v) is 3.09. The van der Waals surface area contributed by atoms with Crippen LogP contribution in [0.15, 0.2) is 12.1 Å². The molecule has 2 aromatic rings. The fraction of sp³-hybridized carbons (Fsp3) is 0.308. The predicted octanol–water partition coefficient (Wildman–Crippen LogP) is 2.91. The second-order valence-corrected chi connectivity index (χ2v) is 4.24. The molecular weight excluding hydrogens is 236 g/mol. The molecule has 18 heavy (non-hydrogen) atoms. The van der Waals surface area contributed by atoms with Crippen LogP contribution in [0, 0.1) is 25.5 Å². The highest BCUT2D eigenvalue weighted by Crippen LogP contribution is 2.24. The Morgan fingerprint density at radius 1 is 1.22 bits per heavy atom. The van der Waals surface area contributed by atoms with E-state index in [0.29, 0.717) is 5.69 Å². The summed E-state index contributed by atoms with van der Waals surface area (Å²) in [5, 5.41) is 4.33. The number of nitrogens with zero attached hydrogens (tertiary/aromatic N) is 2. The van der Waals surface area contributed by atoms with Crippen molar-refractivity contribution in [2.75, 3.05) is 5.73 Å². The van der Waals surface area contributed by atoms with E-state index in [1.807, 2.05) is 20.8 Å². The maximum atomic E-state index is 13.3. The van der Waals surface area contributed by atoms with Gasteiger partial charge in [-0.05, 0) is 25.8 Å². The largest absolute Gasteiger partial charge is 0.397 e. The number of nitrogen functional groups attached to an aromatic ring is 1. The highest BCUT2D eigenvalue weighted by atomic mass is 19.2. The maximum absolute atomic E-state index is 13.3. The first-order chi connectivity index (χ1) is 8.45. The SMILES string of the molecule is CCc1c(C)nn(-c2cc(F)c(F)cc2N)c1C. The molecule has 0 aliphatic heterocycles. The number of hydrogen-bond acceptors (Lipinski definition) is 2. The van der Waals surface area contributed by atoms with Gasteiger partial charge in [0.2, 0.25) is 0 Å². The summed E-state index contributed by atoms with van der Waals surface area (Å²) in [5.74, 6) is -1.88. The van der Waals surface area contributed by atoms with Crippen LogP contribution < -0.4 is 5.73 Å². The smallest absolute Gasteiger partial charge is 0.161 e. The third-order valence-electron chi connectivity index (χ3n) is 3.09. The van der Waals surface area contributed by atoms with Gasteiger partial charge in [-0.1, -0.05) is 6.92 Å². The molecule has 0 aliphatic carbocycles. The molecule has 0 atom stereocenters. The first-order valence-corrected chi connectivity index (χ1v) is 5.75. The number of nitrogens with two attached hydrogens (primary N) is 1. The number of halogens is 2. The van der Waals surface area contributed by atoms with Gasteiger partial charge in [-0.25, -0.2) is 13.5 Å². The second-order valence-electron chi connectivity index (χ2n) is 4.24. The van der Waals surface area contributed by atoms with Crippen molar-refractivity contribution in [3.05, 3.63) is 40.7 Å². The van der Waals surface area contributed by atoms with E-state index in [1.54, 1.807) is 4.68 Å². The highest BCUT2D eigenvalue weighted by molar-refractivity contribution is 5.58. The van der Waals surface area contributed by atoms with Crippen molar-refractivity contribution < 1.29 is 8.78 Å². The fourth-order valence-electron chi connectivity index (χ4n) is 2.16. The van der Waals surface area contributed by atoms with E-state index in [9.17, 15) is 8.78 Å². The number of aromatic nitrogens is 2. The molecule has 2 N–H and O–H groups in total. The molecular formula is C13H15F2N3. The zero-order chi connectivity index (χ0) is 13.4. The van der Waals surface area contributed by atoms with Gasteiger partial charge in [-0.15, -0.1) is 0 Å². The van der Waals surface area contributed by atoms with Crippen molar-refractivity contribution in [3.63, 3.8) is 0 Å². The van der Waals surface area contributed by atoms with Crippen molar-refractivity contribution in [1.82, 2.24) is 9.78 Å². The Hall–Kier alpha value is -1.91. The minimum atomic E-state index is -0.950. The summed E-state index contributed by atoms with van der Waals surface area (Å²) < 4.78 is 27.9. The van der Waals surface area contributed by atoms with Crippen LogP contribution in [0.3, 0.4) is 0 Å². The summed E-state index contributed by atoms with van der Waals surface area (Å²) in [6, 6.07) is 2.05. The van der Waals surface area contributed by atoms with Crippen LogP contribution in [-0.4, -0.2) is 9.78 Å². The van der Waals surface area contributed by atoms with Crippen LogP contribution in [0.5, 0.6) is 0 Å². The van der Waals surface area contributed by atoms with Crippen LogP contribution in [-0.2, 0) is 6.42 Å². The monoisotopic (exact) mass is 251 g/mol. The summed E-state index contributed by atoms with van der Waals surface area (Å²) in [7, 11) is 0. The van der Waals surface area contributed by atoms with Crippen LogP contribution in [0.25, 0.3) is 5.69 Å². The third kappa shape index (κ3) is 1.85. The van der Waals surface area contributed by atoms with Gasteiger partial charge in [-0.2, -0.15) is 5.10 Å². The van der Waals surface area contributed by atoms with E-state index in [4.69, 9.17) is 5.73 Å². The van der Waals surface area contributed by atoms with Crippen molar-refractivity contribution >= 4 is 5.69 Å². The zero-order valence-corrected chi connectivity index (χ0v) is 10.6. The summed E-state index contributed by atoms with van der Waals surface area (Å²) in [6.45, 7) is 5.80. The van der Waals surface area contributed by atoms with E-state index >= 15 is 0 Å². The molecule has 3 nitrogen and oxygen atoms in total. The molecule has 0 saturated carbocycles. The summed E-state index contributed by atoms with van der Waals surface area (Å²) in [5.41, 5.74) is 9.13. The van der Waals surface area contributed by atoms with Gasteiger partial charge in [0.25, 0.3) is 0 Å². The molecule has 1 aromatic heterocycles. The first-order valence-electron chi connectivity index (χ1n) is 5.75. The first kappa shape index (κ1) is 12.5. The molecule has 0 amide bonds. The molecule has 0 fully saturated rings. The number of anilines is 1. The molecule has 1 heterocycles. The van der Waals surface area contributed by atoms with E-state index in [-0.39, 0.29) is 5.69 Å². The van der Waals surface area contributed by atoms with Crippen molar-refractivity contribution in [2.45, 2.75) is 27.2 Å². The molecule has 0 aliphatic rings. The minimum Gasteiger partial charge on any atom is -0.397 e. The molecule has 96 valence electrons. The molecule has 1 aromatic carbocycles. The topological polar surface area (TPSA) is 43.8 Å². The number of benzene rings is 1. The summed E-state index contributed by atoms with van der Waals surface area (Å²) in [4.78, 5) is 0. The summed E-state index contributed by atoms with van der Waals surface area (Å²) in [6.07, 6.45) is 0.835. The van der Waals surface area contributed by atoms with Gasteiger partial charge in [0.15, 0.2) is 11.6 Å². The Morgan fingerprint density at radius 2 is 1.83 bits per heavy atom. The maximum Gasteiger partial charge on any atom is 0.161 e. The Morgan fingerprint density at radius 3 is 2.39 bits per heavy atom. The standard InChI is InChI=1S/C13H15F2N3/c1-4-9-7(2)17-18(8(9)3)13-6-11(15)10(14)5-12(13)16/h5-6H,4,16H2,1-3H3. The van der Waals surface area contributed by atoms with Gasteiger partial charge in [0, 0.05) is 17.8 Å². The van der Waals surface area contributed by atoms with Crippen LogP contribution in [0.4, 0.5) is 14.5 Å². The van der Waals surface area contributed by atoms with Gasteiger partial charge >= 0.3 is 0 Å². The Kier molecular flexibility index (Phi) is 3.07. The van der Waals surface area contributed by atoms with Crippen molar-refractivity contribution in [1.29, 1.82) is 0 Å². The van der Waals surface area contributed by atoms with E-state index in [0.717, 1.165) is 35.5 Å². The summed E-state index contributed by atoms with van der Waals surface area (Å²) >= 11 is 0. The molecule has 5 heteroatoms. The quantitative estimate of drug-likeness (QED) is 0.834. The number of aryl methyl sites for hydroxylation is 1. The normalized spacial score (nSPS) is 10.9. The molecule has 0 radical (unpaired) electrons. The fourth-order valence-corrected chi connectivity index (χ4v) is 2.16. The molecule has 0 unspecified atom stereocenters. The average Bonchev–Trinajstić information content (AvgIpc) is 2.59. The van der Waals surface area contributed by atoms with Crippen LogP contribution in [0.1, 0.15) is 23.9 Å². The number of rotatable bonds is 2. The zero-order valence-electron chi connectivity index (χ0n) is 10.6. The van der Waals surface area contributed by atoms with Crippen molar-refractivity contribution in [3.8, 4) is 5.69 Å². The average molecular weight is 251 g/mol. The van der Waals surface area contributed by atoms with E-state index in [1.165, 1.54) is 0 Å². The predicted molar refractivity (Wildman–Crippen MR) is 66.7 cm³/mol. The van der Waals surface area contributed by atoms with Crippen LogP contribution >= 0.6 is 0 Å². The molecule has 0 bridgehead atoms. The Labute approximate surface area is 104 Å². The number of hydrogen-bond donors (Lipinski definition) is 1. The van der Waals surface area contributed by atoms with Gasteiger partial charge in [-0.3, -0.25) is 0 Å². The lowest BCUT2D eigenvalue weighted by atomic mass is 10.1. The molecule has 0 spiro atoms. The lowest BCUT2D eigenvalue weighted by Gasteiger charge is -2.09. The highest BCUT2D eigenvalue weighted by Gasteiger charge is 2.15. The lowest BCUT2D eigenvalue weighted by molar-refractivity contribution is 0.508. The second kappa shape index (κ2) is 4.40.